The lowest BCUT2D eigenvalue weighted by molar-refractivity contribution is 0.102. The molecule has 0 aliphatic carbocycles. The van der Waals surface area contributed by atoms with E-state index in [4.69, 9.17) is 5.73 Å². The Morgan fingerprint density at radius 1 is 1.26 bits per heavy atom. The minimum atomic E-state index is -0.467. The average molecular weight is 323 g/mol. The number of nitrogen functional groups attached to an aromatic ring is 1. The Bertz CT molecular complexity index is 643. The fraction of sp³-hybridized carbons (Fsp3) is 0.0714. The predicted molar refractivity (Wildman–Crippen MR) is 77.6 cm³/mol. The first-order valence-corrected chi connectivity index (χ1v) is 6.39. The van der Waals surface area contributed by atoms with E-state index in [1.807, 2.05) is 13.0 Å². The van der Waals surface area contributed by atoms with E-state index in [1.165, 1.54) is 18.2 Å². The number of carbonyl (C=O) groups excluding carboxylic acids is 1. The topological polar surface area (TPSA) is 55.1 Å². The third kappa shape index (κ3) is 3.12. The zero-order valence-corrected chi connectivity index (χ0v) is 11.8. The van der Waals surface area contributed by atoms with Gasteiger partial charge in [-0.15, -0.1) is 0 Å². The van der Waals surface area contributed by atoms with Gasteiger partial charge in [0.1, 0.15) is 5.82 Å². The van der Waals surface area contributed by atoms with Crippen molar-refractivity contribution in [3.8, 4) is 0 Å². The fourth-order valence-electron chi connectivity index (χ4n) is 1.66. The highest BCUT2D eigenvalue weighted by Crippen LogP contribution is 2.23. The van der Waals surface area contributed by atoms with Crippen LogP contribution in [0.15, 0.2) is 40.9 Å². The Hall–Kier alpha value is -1.88. The molecule has 0 saturated carbocycles. The molecule has 0 fully saturated rings. The molecule has 1 amide bonds. The van der Waals surface area contributed by atoms with Crippen molar-refractivity contribution in [2.24, 2.45) is 0 Å². The van der Waals surface area contributed by atoms with E-state index in [-0.39, 0.29) is 5.56 Å². The summed E-state index contributed by atoms with van der Waals surface area (Å²) in [7, 11) is 0. The number of hydrogen-bond donors (Lipinski definition) is 2. The molecule has 3 nitrogen and oxygen atoms in total. The van der Waals surface area contributed by atoms with E-state index >= 15 is 0 Å². The highest BCUT2D eigenvalue weighted by atomic mass is 79.9. The first-order valence-electron chi connectivity index (χ1n) is 5.60. The molecule has 0 aromatic heterocycles. The third-order valence-electron chi connectivity index (χ3n) is 2.63. The monoisotopic (exact) mass is 322 g/mol. The summed E-state index contributed by atoms with van der Waals surface area (Å²) in [5.74, 6) is -0.882. The van der Waals surface area contributed by atoms with Crippen LogP contribution in [-0.2, 0) is 0 Å². The van der Waals surface area contributed by atoms with Crippen molar-refractivity contribution in [2.75, 3.05) is 11.1 Å². The van der Waals surface area contributed by atoms with E-state index < -0.39 is 11.7 Å². The highest BCUT2D eigenvalue weighted by Gasteiger charge is 2.12. The van der Waals surface area contributed by atoms with Gasteiger partial charge in [0.15, 0.2) is 0 Å². The zero-order chi connectivity index (χ0) is 14.0. The molecule has 0 unspecified atom stereocenters. The molecular weight excluding hydrogens is 311 g/mol. The van der Waals surface area contributed by atoms with Gasteiger partial charge in [0, 0.05) is 4.47 Å². The molecule has 0 atom stereocenters. The van der Waals surface area contributed by atoms with E-state index in [1.54, 1.807) is 12.1 Å². The molecular formula is C14H12BrFN2O. The van der Waals surface area contributed by atoms with Crippen molar-refractivity contribution < 1.29 is 9.18 Å². The number of nitrogens with two attached hydrogens (primary N) is 1. The number of aryl methyl sites for hydroxylation is 1. The van der Waals surface area contributed by atoms with Crippen LogP contribution in [0.1, 0.15) is 15.9 Å². The maximum atomic E-state index is 13.2. The number of anilines is 2. The van der Waals surface area contributed by atoms with E-state index in [9.17, 15) is 9.18 Å². The van der Waals surface area contributed by atoms with E-state index in [0.29, 0.717) is 15.8 Å². The van der Waals surface area contributed by atoms with E-state index in [2.05, 4.69) is 21.2 Å². The van der Waals surface area contributed by atoms with Crippen LogP contribution in [0.5, 0.6) is 0 Å². The smallest absolute Gasteiger partial charge is 0.256 e. The Morgan fingerprint density at radius 3 is 2.68 bits per heavy atom. The number of rotatable bonds is 2. The van der Waals surface area contributed by atoms with Crippen LogP contribution in [-0.4, -0.2) is 5.91 Å². The number of amides is 1. The lowest BCUT2D eigenvalue weighted by Crippen LogP contribution is -2.14. The summed E-state index contributed by atoms with van der Waals surface area (Å²) in [5.41, 5.74) is 8.02. The summed E-state index contributed by atoms with van der Waals surface area (Å²) in [6.07, 6.45) is 0. The average Bonchev–Trinajstić information content (AvgIpc) is 2.35. The second-order valence-electron chi connectivity index (χ2n) is 4.17. The van der Waals surface area contributed by atoms with Crippen LogP contribution >= 0.6 is 15.9 Å². The maximum absolute atomic E-state index is 13.2. The van der Waals surface area contributed by atoms with Crippen molar-refractivity contribution in [3.63, 3.8) is 0 Å². The van der Waals surface area contributed by atoms with Crippen LogP contribution in [0.4, 0.5) is 15.8 Å². The van der Waals surface area contributed by atoms with Crippen molar-refractivity contribution in [3.05, 3.63) is 57.8 Å². The van der Waals surface area contributed by atoms with Gasteiger partial charge in [0.25, 0.3) is 5.91 Å². The first kappa shape index (κ1) is 13.5. The van der Waals surface area contributed by atoms with Crippen LogP contribution in [0.2, 0.25) is 0 Å². The summed E-state index contributed by atoms with van der Waals surface area (Å²) in [4.78, 5) is 12.1. The fourth-order valence-corrected chi connectivity index (χ4v) is 2.08. The molecule has 0 spiro atoms. The summed E-state index contributed by atoms with van der Waals surface area (Å²) in [6, 6.07) is 9.26. The molecule has 2 aromatic carbocycles. The van der Waals surface area contributed by atoms with E-state index in [0.717, 1.165) is 5.56 Å². The molecule has 0 saturated heterocycles. The van der Waals surface area contributed by atoms with Gasteiger partial charge in [-0.3, -0.25) is 4.79 Å². The summed E-state index contributed by atoms with van der Waals surface area (Å²) in [5, 5.41) is 2.66. The zero-order valence-electron chi connectivity index (χ0n) is 10.2. The molecule has 5 heteroatoms. The Balaban J connectivity index is 2.28. The normalized spacial score (nSPS) is 10.3. The van der Waals surface area contributed by atoms with Crippen LogP contribution < -0.4 is 11.1 Å². The first-order chi connectivity index (χ1) is 8.97. The van der Waals surface area contributed by atoms with Gasteiger partial charge in [0.05, 0.1) is 16.9 Å². The second kappa shape index (κ2) is 5.40. The van der Waals surface area contributed by atoms with Gasteiger partial charge in [0.2, 0.25) is 0 Å². The highest BCUT2D eigenvalue weighted by molar-refractivity contribution is 9.10. The molecule has 0 aliphatic rings. The second-order valence-corrected chi connectivity index (χ2v) is 5.02. The quantitative estimate of drug-likeness (QED) is 0.828. The minimum absolute atomic E-state index is 0.222. The van der Waals surface area contributed by atoms with Gasteiger partial charge < -0.3 is 11.1 Å². The molecule has 2 aromatic rings. The molecule has 2 rings (SSSR count). The lowest BCUT2D eigenvalue weighted by atomic mass is 10.1. The van der Waals surface area contributed by atoms with Gasteiger partial charge in [-0.25, -0.2) is 4.39 Å². The third-order valence-corrected chi connectivity index (χ3v) is 3.32. The maximum Gasteiger partial charge on any atom is 0.256 e. The van der Waals surface area contributed by atoms with Gasteiger partial charge >= 0.3 is 0 Å². The molecule has 19 heavy (non-hydrogen) atoms. The molecule has 3 N–H and O–H groups in total. The predicted octanol–water partition coefficient (Wildman–Crippen LogP) is 3.73. The van der Waals surface area contributed by atoms with Crippen LogP contribution in [0.25, 0.3) is 0 Å². The lowest BCUT2D eigenvalue weighted by Gasteiger charge is -2.10. The number of halogens is 2. The number of benzene rings is 2. The minimum Gasteiger partial charge on any atom is -0.397 e. The largest absolute Gasteiger partial charge is 0.397 e. The molecule has 0 heterocycles. The van der Waals surface area contributed by atoms with Crippen molar-refractivity contribution in [1.82, 2.24) is 0 Å². The van der Waals surface area contributed by atoms with Crippen LogP contribution in [0.3, 0.4) is 0 Å². The Kier molecular flexibility index (Phi) is 3.85. The van der Waals surface area contributed by atoms with Crippen molar-refractivity contribution in [2.45, 2.75) is 6.92 Å². The molecule has 0 aliphatic heterocycles. The number of hydrogen-bond acceptors (Lipinski definition) is 2. The molecule has 0 radical (unpaired) electrons. The van der Waals surface area contributed by atoms with Gasteiger partial charge in [-0.2, -0.15) is 0 Å². The number of carbonyl (C=O) groups is 1. The standard InChI is InChI=1S/C14H12BrFN2O/c1-8-2-5-13(12(17)6-8)18-14(19)10-7-9(16)3-4-11(10)15/h2-7H,17H2,1H3,(H,18,19). The summed E-state index contributed by atoms with van der Waals surface area (Å²) < 4.78 is 13.7. The van der Waals surface area contributed by atoms with Gasteiger partial charge in [-0.05, 0) is 58.7 Å². The van der Waals surface area contributed by atoms with Crippen LogP contribution in [0, 0.1) is 12.7 Å². The number of nitrogens with one attached hydrogen (secondary N) is 1. The van der Waals surface area contributed by atoms with Crippen molar-refractivity contribution in [1.29, 1.82) is 0 Å². The van der Waals surface area contributed by atoms with Gasteiger partial charge in [-0.1, -0.05) is 6.07 Å². The summed E-state index contributed by atoms with van der Waals surface area (Å²) in [6.45, 7) is 1.91. The SMILES string of the molecule is Cc1ccc(NC(=O)c2cc(F)ccc2Br)c(N)c1. The molecule has 98 valence electrons. The van der Waals surface area contributed by atoms with Crippen molar-refractivity contribution >= 4 is 33.2 Å². The Labute approximate surface area is 118 Å². The molecule has 0 bridgehead atoms. The Morgan fingerprint density at radius 2 is 2.00 bits per heavy atom. The summed E-state index contributed by atoms with van der Waals surface area (Å²) >= 11 is 3.22.